The van der Waals surface area contributed by atoms with Gasteiger partial charge in [0, 0.05) is 10.9 Å². The summed E-state index contributed by atoms with van der Waals surface area (Å²) in [6.07, 6.45) is 5.55. The van der Waals surface area contributed by atoms with E-state index in [9.17, 15) is 14.4 Å². The summed E-state index contributed by atoms with van der Waals surface area (Å²) in [5.74, 6) is -1.23. The lowest BCUT2D eigenvalue weighted by Crippen LogP contribution is -2.41. The molecule has 1 heterocycles. The molecule has 2 amide bonds. The van der Waals surface area contributed by atoms with Crippen molar-refractivity contribution < 1.29 is 19.1 Å². The maximum atomic E-state index is 12.1. The van der Waals surface area contributed by atoms with E-state index in [0.717, 1.165) is 25.7 Å². The quantitative estimate of drug-likeness (QED) is 0.604. The molecule has 1 aliphatic rings. The lowest BCUT2D eigenvalue weighted by Gasteiger charge is -2.09. The molecule has 0 atom stereocenters. The minimum atomic E-state index is -0.486. The van der Waals surface area contributed by atoms with Crippen molar-refractivity contribution >= 4 is 29.1 Å². The van der Waals surface area contributed by atoms with Gasteiger partial charge in [0.15, 0.2) is 6.61 Å². The molecule has 7 heteroatoms. The molecule has 1 aromatic heterocycles. The molecule has 0 unspecified atom stereocenters. The minimum Gasteiger partial charge on any atom is -0.451 e. The van der Waals surface area contributed by atoms with Gasteiger partial charge in [0.2, 0.25) is 5.91 Å². The second-order valence-electron chi connectivity index (χ2n) is 6.19. The lowest BCUT2D eigenvalue weighted by atomic mass is 10.1. The van der Waals surface area contributed by atoms with Crippen LogP contribution in [0, 0.1) is 0 Å². The van der Waals surface area contributed by atoms with Gasteiger partial charge < -0.3 is 15.4 Å². The molecule has 24 heavy (non-hydrogen) atoms. The van der Waals surface area contributed by atoms with Crippen LogP contribution in [0.5, 0.6) is 0 Å². The van der Waals surface area contributed by atoms with Crippen molar-refractivity contribution in [1.29, 1.82) is 0 Å². The summed E-state index contributed by atoms with van der Waals surface area (Å²) in [6, 6.07) is 1.91. The van der Waals surface area contributed by atoms with Gasteiger partial charge in [0.1, 0.15) is 4.88 Å². The highest BCUT2D eigenvalue weighted by molar-refractivity contribution is 7.14. The third kappa shape index (κ3) is 5.63. The average Bonchev–Trinajstić information content (AvgIpc) is 2.81. The predicted octanol–water partition coefficient (Wildman–Crippen LogP) is 1.81. The molecule has 2 N–H and O–H groups in total. The smallest absolute Gasteiger partial charge is 0.348 e. The van der Waals surface area contributed by atoms with Crippen LogP contribution in [0.15, 0.2) is 6.07 Å². The SMILES string of the molecule is CC(C)NC(=O)CNC(=O)COC(=O)c1cc2c(s1)CCCCC2. The van der Waals surface area contributed by atoms with Crippen LogP contribution in [-0.2, 0) is 27.2 Å². The third-order valence-corrected chi connectivity index (χ3v) is 4.90. The zero-order valence-electron chi connectivity index (χ0n) is 14.1. The molecule has 0 bridgehead atoms. The predicted molar refractivity (Wildman–Crippen MR) is 92.1 cm³/mol. The van der Waals surface area contributed by atoms with Gasteiger partial charge in [-0.2, -0.15) is 0 Å². The zero-order chi connectivity index (χ0) is 17.5. The molecule has 132 valence electrons. The van der Waals surface area contributed by atoms with E-state index < -0.39 is 11.9 Å². The van der Waals surface area contributed by atoms with Gasteiger partial charge >= 0.3 is 5.97 Å². The molecule has 2 rings (SSSR count). The Balaban J connectivity index is 1.76. The van der Waals surface area contributed by atoms with Gasteiger partial charge in [-0.25, -0.2) is 4.79 Å². The van der Waals surface area contributed by atoms with Crippen LogP contribution in [-0.4, -0.2) is 37.0 Å². The summed E-state index contributed by atoms with van der Waals surface area (Å²) in [6.45, 7) is 3.17. The summed E-state index contributed by atoms with van der Waals surface area (Å²) in [5, 5.41) is 5.09. The molecule has 0 aromatic carbocycles. The first kappa shape index (κ1) is 18.4. The van der Waals surface area contributed by atoms with E-state index in [-0.39, 0.29) is 25.1 Å². The van der Waals surface area contributed by atoms with E-state index in [1.54, 1.807) is 0 Å². The van der Waals surface area contributed by atoms with Gasteiger partial charge in [-0.1, -0.05) is 6.42 Å². The van der Waals surface area contributed by atoms with Crippen LogP contribution in [0.25, 0.3) is 0 Å². The molecular weight excluding hydrogens is 328 g/mol. The van der Waals surface area contributed by atoms with Gasteiger partial charge in [0.05, 0.1) is 6.54 Å². The fourth-order valence-electron chi connectivity index (χ4n) is 2.57. The molecule has 1 aromatic rings. The Kier molecular flexibility index (Phi) is 6.78. The average molecular weight is 352 g/mol. The van der Waals surface area contributed by atoms with Gasteiger partial charge in [0.25, 0.3) is 5.91 Å². The topological polar surface area (TPSA) is 84.5 Å². The van der Waals surface area contributed by atoms with Crippen LogP contribution in [0.1, 0.15) is 53.2 Å². The van der Waals surface area contributed by atoms with E-state index in [2.05, 4.69) is 10.6 Å². The second kappa shape index (κ2) is 8.82. The number of hydrogen-bond donors (Lipinski definition) is 2. The van der Waals surface area contributed by atoms with E-state index in [1.807, 2.05) is 19.9 Å². The summed E-state index contributed by atoms with van der Waals surface area (Å²) < 4.78 is 5.04. The van der Waals surface area contributed by atoms with Gasteiger partial charge in [-0.3, -0.25) is 9.59 Å². The Morgan fingerprint density at radius 3 is 2.67 bits per heavy atom. The van der Waals surface area contributed by atoms with Crippen LogP contribution < -0.4 is 10.6 Å². The number of ether oxygens (including phenoxy) is 1. The van der Waals surface area contributed by atoms with E-state index in [1.165, 1.54) is 28.2 Å². The van der Waals surface area contributed by atoms with Crippen molar-refractivity contribution in [2.24, 2.45) is 0 Å². The van der Waals surface area contributed by atoms with Crippen LogP contribution >= 0.6 is 11.3 Å². The van der Waals surface area contributed by atoms with Crippen molar-refractivity contribution in [1.82, 2.24) is 10.6 Å². The molecule has 0 radical (unpaired) electrons. The number of hydrogen-bond acceptors (Lipinski definition) is 5. The standard InChI is InChI=1S/C17H24N2O4S/c1-11(2)19-15(20)9-18-16(21)10-23-17(22)14-8-12-6-4-3-5-7-13(12)24-14/h8,11H,3-7,9-10H2,1-2H3,(H,18,21)(H,19,20). The van der Waals surface area contributed by atoms with Crippen molar-refractivity contribution in [2.75, 3.05) is 13.2 Å². The Morgan fingerprint density at radius 2 is 1.92 bits per heavy atom. The number of carbonyl (C=O) groups excluding carboxylic acids is 3. The van der Waals surface area contributed by atoms with Crippen molar-refractivity contribution in [3.8, 4) is 0 Å². The number of carbonyl (C=O) groups is 3. The highest BCUT2D eigenvalue weighted by Gasteiger charge is 2.18. The van der Waals surface area contributed by atoms with E-state index in [0.29, 0.717) is 4.88 Å². The molecule has 0 fully saturated rings. The number of esters is 1. The Morgan fingerprint density at radius 1 is 1.17 bits per heavy atom. The van der Waals surface area contributed by atoms with E-state index in [4.69, 9.17) is 4.74 Å². The van der Waals surface area contributed by atoms with Gasteiger partial charge in [-0.15, -0.1) is 11.3 Å². The first-order valence-electron chi connectivity index (χ1n) is 8.30. The monoisotopic (exact) mass is 352 g/mol. The number of thiophene rings is 1. The van der Waals surface area contributed by atoms with Crippen LogP contribution in [0.2, 0.25) is 0 Å². The number of rotatable bonds is 6. The summed E-state index contributed by atoms with van der Waals surface area (Å²) >= 11 is 1.46. The fraction of sp³-hybridized carbons (Fsp3) is 0.588. The summed E-state index contributed by atoms with van der Waals surface area (Å²) in [7, 11) is 0. The number of aryl methyl sites for hydroxylation is 2. The van der Waals surface area contributed by atoms with Crippen LogP contribution in [0.4, 0.5) is 0 Å². The van der Waals surface area contributed by atoms with Crippen molar-refractivity contribution in [3.05, 3.63) is 21.4 Å². The largest absolute Gasteiger partial charge is 0.451 e. The highest BCUT2D eigenvalue weighted by atomic mass is 32.1. The molecule has 0 aliphatic heterocycles. The molecule has 1 aliphatic carbocycles. The minimum absolute atomic E-state index is 0.0151. The van der Waals surface area contributed by atoms with Crippen molar-refractivity contribution in [2.45, 2.75) is 52.0 Å². The number of amides is 2. The van der Waals surface area contributed by atoms with Gasteiger partial charge in [-0.05, 0) is 51.2 Å². The normalized spacial score (nSPS) is 13.8. The summed E-state index contributed by atoms with van der Waals surface area (Å²) in [5.41, 5.74) is 1.24. The fourth-order valence-corrected chi connectivity index (χ4v) is 3.72. The molecule has 6 nitrogen and oxygen atoms in total. The van der Waals surface area contributed by atoms with Crippen molar-refractivity contribution in [3.63, 3.8) is 0 Å². The van der Waals surface area contributed by atoms with Crippen LogP contribution in [0.3, 0.4) is 0 Å². The number of nitrogens with one attached hydrogen (secondary N) is 2. The first-order chi connectivity index (χ1) is 11.5. The summed E-state index contributed by atoms with van der Waals surface area (Å²) in [4.78, 5) is 36.9. The Hall–Kier alpha value is -1.89. The first-order valence-corrected chi connectivity index (χ1v) is 9.12. The Labute approximate surface area is 146 Å². The maximum Gasteiger partial charge on any atom is 0.348 e. The molecule has 0 saturated carbocycles. The molecule has 0 saturated heterocycles. The zero-order valence-corrected chi connectivity index (χ0v) is 15.0. The number of fused-ring (bicyclic) bond motifs is 1. The molecular formula is C17H24N2O4S. The maximum absolute atomic E-state index is 12.1. The Bertz CT molecular complexity index is 586. The lowest BCUT2D eigenvalue weighted by molar-refractivity contribution is -0.128. The highest BCUT2D eigenvalue weighted by Crippen LogP contribution is 2.29. The van der Waals surface area contributed by atoms with E-state index >= 15 is 0 Å². The molecule has 0 spiro atoms. The second-order valence-corrected chi connectivity index (χ2v) is 7.33. The third-order valence-electron chi connectivity index (χ3n) is 3.68.